The first-order chi connectivity index (χ1) is 9.70. The van der Waals surface area contributed by atoms with Gasteiger partial charge in [0, 0.05) is 32.4 Å². The molecule has 1 saturated heterocycles. The van der Waals surface area contributed by atoms with Crippen LogP contribution in [0, 0.1) is 6.92 Å². The molecule has 1 unspecified atom stereocenters. The maximum absolute atomic E-state index is 5.69. The third-order valence-electron chi connectivity index (χ3n) is 3.82. The van der Waals surface area contributed by atoms with Crippen LogP contribution in [0.15, 0.2) is 12.1 Å². The minimum Gasteiger partial charge on any atom is -0.376 e. The predicted molar refractivity (Wildman–Crippen MR) is 83.2 cm³/mol. The van der Waals surface area contributed by atoms with Crippen molar-refractivity contribution in [3.8, 4) is 0 Å². The predicted octanol–water partition coefficient (Wildman–Crippen LogP) is 2.50. The second-order valence-electron chi connectivity index (χ2n) is 5.61. The van der Waals surface area contributed by atoms with Gasteiger partial charge in [0.2, 0.25) is 0 Å². The number of aryl methyl sites for hydroxylation is 1. The summed E-state index contributed by atoms with van der Waals surface area (Å²) in [5.41, 5.74) is 2.40. The summed E-state index contributed by atoms with van der Waals surface area (Å²) in [6, 6.07) is 4.30. The standard InChI is InChI=1S/C16H27N3O/c1-4-9-17-11-14-7-8-16(18-13(14)2)19(3)12-15-6-5-10-20-15/h7-8,15,17H,4-6,9-12H2,1-3H3. The van der Waals surface area contributed by atoms with Gasteiger partial charge in [0.15, 0.2) is 0 Å². The van der Waals surface area contributed by atoms with Crippen LogP contribution in [0.4, 0.5) is 5.82 Å². The van der Waals surface area contributed by atoms with Gasteiger partial charge in [-0.25, -0.2) is 4.98 Å². The van der Waals surface area contributed by atoms with E-state index < -0.39 is 0 Å². The quantitative estimate of drug-likeness (QED) is 0.777. The molecule has 1 N–H and O–H groups in total. The van der Waals surface area contributed by atoms with Gasteiger partial charge in [-0.1, -0.05) is 13.0 Å². The molecule has 2 rings (SSSR count). The van der Waals surface area contributed by atoms with E-state index in [9.17, 15) is 0 Å². The molecule has 0 bridgehead atoms. The van der Waals surface area contributed by atoms with Crippen LogP contribution in [0.25, 0.3) is 0 Å². The van der Waals surface area contributed by atoms with E-state index in [0.29, 0.717) is 6.10 Å². The Morgan fingerprint density at radius 1 is 1.45 bits per heavy atom. The van der Waals surface area contributed by atoms with Crippen LogP contribution in [-0.2, 0) is 11.3 Å². The van der Waals surface area contributed by atoms with E-state index in [2.05, 4.69) is 43.2 Å². The number of nitrogens with zero attached hydrogens (tertiary/aromatic N) is 2. The fraction of sp³-hybridized carbons (Fsp3) is 0.688. The van der Waals surface area contributed by atoms with E-state index in [1.165, 1.54) is 18.4 Å². The van der Waals surface area contributed by atoms with Gasteiger partial charge < -0.3 is 15.0 Å². The summed E-state index contributed by atoms with van der Waals surface area (Å²) >= 11 is 0. The number of hydrogen-bond acceptors (Lipinski definition) is 4. The lowest BCUT2D eigenvalue weighted by molar-refractivity contribution is 0.116. The van der Waals surface area contributed by atoms with Crippen molar-refractivity contribution in [2.45, 2.75) is 45.8 Å². The molecule has 0 saturated carbocycles. The first-order valence-corrected chi connectivity index (χ1v) is 7.70. The van der Waals surface area contributed by atoms with Gasteiger partial charge in [-0.15, -0.1) is 0 Å². The van der Waals surface area contributed by atoms with E-state index in [4.69, 9.17) is 9.72 Å². The molecule has 1 atom stereocenters. The molecule has 112 valence electrons. The lowest BCUT2D eigenvalue weighted by atomic mass is 10.2. The van der Waals surface area contributed by atoms with Gasteiger partial charge in [0.25, 0.3) is 0 Å². The highest BCUT2D eigenvalue weighted by Crippen LogP contribution is 2.18. The molecule has 4 heteroatoms. The summed E-state index contributed by atoms with van der Waals surface area (Å²) in [7, 11) is 2.10. The number of hydrogen-bond donors (Lipinski definition) is 1. The number of aromatic nitrogens is 1. The minimum atomic E-state index is 0.369. The van der Waals surface area contributed by atoms with E-state index in [0.717, 1.165) is 44.2 Å². The van der Waals surface area contributed by atoms with Crippen LogP contribution in [-0.4, -0.2) is 37.8 Å². The van der Waals surface area contributed by atoms with Crippen LogP contribution in [0.1, 0.15) is 37.4 Å². The summed E-state index contributed by atoms with van der Waals surface area (Å²) in [5, 5.41) is 3.43. The highest BCUT2D eigenvalue weighted by molar-refractivity contribution is 5.41. The molecule has 1 fully saturated rings. The number of nitrogens with one attached hydrogen (secondary N) is 1. The van der Waals surface area contributed by atoms with Crippen LogP contribution < -0.4 is 10.2 Å². The molecular weight excluding hydrogens is 250 g/mol. The van der Waals surface area contributed by atoms with E-state index in [1.54, 1.807) is 0 Å². The summed E-state index contributed by atoms with van der Waals surface area (Å²) in [6.07, 6.45) is 3.89. The number of anilines is 1. The second kappa shape index (κ2) is 7.60. The van der Waals surface area contributed by atoms with Gasteiger partial charge in [0.1, 0.15) is 5.82 Å². The monoisotopic (exact) mass is 277 g/mol. The highest BCUT2D eigenvalue weighted by Gasteiger charge is 2.18. The van der Waals surface area contributed by atoms with Crippen molar-refractivity contribution in [2.75, 3.05) is 31.6 Å². The molecular formula is C16H27N3O. The third kappa shape index (κ3) is 4.18. The number of ether oxygens (including phenoxy) is 1. The molecule has 0 spiro atoms. The molecule has 0 aliphatic carbocycles. The topological polar surface area (TPSA) is 37.4 Å². The third-order valence-corrected chi connectivity index (χ3v) is 3.82. The summed E-state index contributed by atoms with van der Waals surface area (Å²) in [5.74, 6) is 1.04. The Morgan fingerprint density at radius 2 is 2.30 bits per heavy atom. The van der Waals surface area contributed by atoms with Gasteiger partial charge >= 0.3 is 0 Å². The molecule has 1 aliphatic heterocycles. The Kier molecular flexibility index (Phi) is 5.80. The zero-order valence-electron chi connectivity index (χ0n) is 13.0. The van der Waals surface area contributed by atoms with Crippen LogP contribution >= 0.6 is 0 Å². The molecule has 0 aromatic carbocycles. The average molecular weight is 277 g/mol. The number of rotatable bonds is 7. The van der Waals surface area contributed by atoms with Crippen molar-refractivity contribution in [1.29, 1.82) is 0 Å². The van der Waals surface area contributed by atoms with Gasteiger partial charge in [-0.3, -0.25) is 0 Å². The fourth-order valence-corrected chi connectivity index (χ4v) is 2.56. The highest BCUT2D eigenvalue weighted by atomic mass is 16.5. The minimum absolute atomic E-state index is 0.369. The average Bonchev–Trinajstić information content (AvgIpc) is 2.93. The molecule has 4 nitrogen and oxygen atoms in total. The van der Waals surface area contributed by atoms with Crippen LogP contribution in [0.3, 0.4) is 0 Å². The van der Waals surface area contributed by atoms with E-state index in [-0.39, 0.29) is 0 Å². The van der Waals surface area contributed by atoms with Crippen LogP contribution in [0.2, 0.25) is 0 Å². The summed E-state index contributed by atoms with van der Waals surface area (Å²) in [4.78, 5) is 6.92. The number of likely N-dealkylation sites (N-methyl/N-ethyl adjacent to an activating group) is 1. The maximum atomic E-state index is 5.69. The summed E-state index contributed by atoms with van der Waals surface area (Å²) < 4.78 is 5.69. The second-order valence-corrected chi connectivity index (χ2v) is 5.61. The van der Waals surface area contributed by atoms with Crippen molar-refractivity contribution in [3.63, 3.8) is 0 Å². The fourth-order valence-electron chi connectivity index (χ4n) is 2.56. The van der Waals surface area contributed by atoms with Crippen molar-refractivity contribution in [2.24, 2.45) is 0 Å². The molecule has 20 heavy (non-hydrogen) atoms. The maximum Gasteiger partial charge on any atom is 0.128 e. The Bertz CT molecular complexity index is 416. The molecule has 2 heterocycles. The smallest absolute Gasteiger partial charge is 0.128 e. The molecule has 1 aliphatic rings. The van der Waals surface area contributed by atoms with Crippen molar-refractivity contribution >= 4 is 5.82 Å². The van der Waals surface area contributed by atoms with E-state index in [1.807, 2.05) is 0 Å². The largest absolute Gasteiger partial charge is 0.376 e. The lowest BCUT2D eigenvalue weighted by Crippen LogP contribution is -2.29. The normalized spacial score (nSPS) is 18.4. The van der Waals surface area contributed by atoms with Gasteiger partial charge in [-0.05, 0) is 44.4 Å². The zero-order valence-corrected chi connectivity index (χ0v) is 13.0. The number of pyridine rings is 1. The van der Waals surface area contributed by atoms with Crippen molar-refractivity contribution in [1.82, 2.24) is 10.3 Å². The van der Waals surface area contributed by atoms with Crippen molar-refractivity contribution < 1.29 is 4.74 Å². The summed E-state index contributed by atoms with van der Waals surface area (Å²) in [6.45, 7) is 8.07. The Hall–Kier alpha value is -1.13. The first-order valence-electron chi connectivity index (χ1n) is 7.70. The van der Waals surface area contributed by atoms with Gasteiger partial charge in [-0.2, -0.15) is 0 Å². The zero-order chi connectivity index (χ0) is 14.4. The Labute approximate surface area is 122 Å². The lowest BCUT2D eigenvalue weighted by Gasteiger charge is -2.22. The van der Waals surface area contributed by atoms with Gasteiger partial charge in [0.05, 0.1) is 6.10 Å². The van der Waals surface area contributed by atoms with E-state index >= 15 is 0 Å². The SMILES string of the molecule is CCCNCc1ccc(N(C)CC2CCCO2)nc1C. The first kappa shape index (κ1) is 15.3. The molecule has 1 aromatic heterocycles. The Morgan fingerprint density at radius 3 is 2.95 bits per heavy atom. The van der Waals surface area contributed by atoms with Crippen molar-refractivity contribution in [3.05, 3.63) is 23.4 Å². The molecule has 1 aromatic rings. The molecule has 0 radical (unpaired) electrons. The Balaban J connectivity index is 1.92. The van der Waals surface area contributed by atoms with Crippen LogP contribution in [0.5, 0.6) is 0 Å². The molecule has 0 amide bonds.